The summed E-state index contributed by atoms with van der Waals surface area (Å²) in [5, 5.41) is 8.71. The number of halogens is 1. The topological polar surface area (TPSA) is 66.9 Å². The fourth-order valence-electron chi connectivity index (χ4n) is 0.979. The first-order valence-corrected chi connectivity index (χ1v) is 4.64. The lowest BCUT2D eigenvalue weighted by atomic mass is 10.1. The summed E-state index contributed by atoms with van der Waals surface area (Å²) in [5.41, 5.74) is 6.94. The molecule has 0 aliphatic heterocycles. The van der Waals surface area contributed by atoms with E-state index in [1.807, 2.05) is 28.7 Å². The Labute approximate surface area is 89.7 Å². The quantitative estimate of drug-likeness (QED) is 0.487. The molecule has 0 bridgehead atoms. The molecule has 13 heavy (non-hydrogen) atoms. The van der Waals surface area contributed by atoms with Crippen molar-refractivity contribution in [1.82, 2.24) is 0 Å². The first-order chi connectivity index (χ1) is 6.06. The van der Waals surface area contributed by atoms with Gasteiger partial charge in [0, 0.05) is 14.8 Å². The zero-order valence-corrected chi connectivity index (χ0v) is 9.12. The summed E-state index contributed by atoms with van der Waals surface area (Å²) in [6.45, 7) is 1.43. The number of nitrogens with two attached hydrogens (primary N) is 1. The molecule has 0 aliphatic rings. The van der Waals surface area contributed by atoms with E-state index in [9.17, 15) is 4.79 Å². The second kappa shape index (κ2) is 3.75. The molecule has 0 aliphatic carbocycles. The molecule has 0 unspecified atom stereocenters. The molecule has 0 spiro atoms. The van der Waals surface area contributed by atoms with Gasteiger partial charge in [-0.25, -0.2) is 0 Å². The van der Waals surface area contributed by atoms with Crippen molar-refractivity contribution < 1.29 is 4.79 Å². The molecule has 1 aromatic rings. The maximum Gasteiger partial charge on any atom is 0.161 e. The minimum absolute atomic E-state index is 0.120. The molecule has 0 amide bonds. The smallest absolute Gasteiger partial charge is 0.161 e. The third-order valence-electron chi connectivity index (χ3n) is 1.64. The minimum Gasteiger partial charge on any atom is -0.398 e. The van der Waals surface area contributed by atoms with Crippen LogP contribution in [0.25, 0.3) is 0 Å². The number of hydrogen-bond donors (Lipinski definition) is 1. The second-order valence-corrected chi connectivity index (χ2v) is 3.75. The fourth-order valence-corrected chi connectivity index (χ4v) is 1.59. The predicted molar refractivity (Wildman–Crippen MR) is 58.3 cm³/mol. The Balaban J connectivity index is 3.41. The van der Waals surface area contributed by atoms with Crippen molar-refractivity contribution in [1.29, 1.82) is 5.26 Å². The van der Waals surface area contributed by atoms with Crippen molar-refractivity contribution in [2.24, 2.45) is 0 Å². The van der Waals surface area contributed by atoms with Crippen LogP contribution in [0.15, 0.2) is 12.1 Å². The van der Waals surface area contributed by atoms with E-state index in [2.05, 4.69) is 0 Å². The van der Waals surface area contributed by atoms with Gasteiger partial charge >= 0.3 is 0 Å². The number of nitriles is 1. The van der Waals surface area contributed by atoms with Crippen LogP contribution in [0, 0.1) is 14.9 Å². The number of anilines is 1. The minimum atomic E-state index is -0.120. The van der Waals surface area contributed by atoms with Gasteiger partial charge in [0.25, 0.3) is 0 Å². The zero-order chi connectivity index (χ0) is 10.0. The van der Waals surface area contributed by atoms with Crippen molar-refractivity contribution in [3.05, 3.63) is 26.8 Å². The molecule has 0 heterocycles. The van der Waals surface area contributed by atoms with E-state index in [-0.39, 0.29) is 5.78 Å². The van der Waals surface area contributed by atoms with Gasteiger partial charge in [-0.3, -0.25) is 4.79 Å². The zero-order valence-electron chi connectivity index (χ0n) is 6.97. The van der Waals surface area contributed by atoms with E-state index in [1.54, 1.807) is 6.07 Å². The molecule has 2 N–H and O–H groups in total. The van der Waals surface area contributed by atoms with Crippen LogP contribution in [0.2, 0.25) is 0 Å². The number of benzene rings is 1. The summed E-state index contributed by atoms with van der Waals surface area (Å²) < 4.78 is 0.766. The molecule has 0 saturated heterocycles. The molecular formula is C9H7IN2O. The predicted octanol–water partition coefficient (Wildman–Crippen LogP) is 1.95. The third-order valence-corrected chi connectivity index (χ3v) is 2.53. The molecule has 1 aromatic carbocycles. The third kappa shape index (κ3) is 1.98. The largest absolute Gasteiger partial charge is 0.398 e. The van der Waals surface area contributed by atoms with Gasteiger partial charge in [-0.15, -0.1) is 0 Å². The molecule has 66 valence electrons. The van der Waals surface area contributed by atoms with Crippen LogP contribution in [0.1, 0.15) is 22.8 Å². The number of ketones is 1. The second-order valence-electron chi connectivity index (χ2n) is 2.59. The Hall–Kier alpha value is -1.09. The molecule has 4 heteroatoms. The van der Waals surface area contributed by atoms with Crippen LogP contribution in [-0.4, -0.2) is 5.78 Å². The number of carbonyl (C=O) groups excluding carboxylic acids is 1. The Morgan fingerprint density at radius 1 is 1.62 bits per heavy atom. The normalized spacial score (nSPS) is 9.31. The SMILES string of the molecule is CC(=O)c1cc(C#N)c(I)cc1N. The van der Waals surface area contributed by atoms with Gasteiger partial charge in [0.15, 0.2) is 5.78 Å². The van der Waals surface area contributed by atoms with Gasteiger partial charge in [0.05, 0.1) is 5.56 Å². The van der Waals surface area contributed by atoms with Gasteiger partial charge in [0.1, 0.15) is 6.07 Å². The van der Waals surface area contributed by atoms with Crippen LogP contribution >= 0.6 is 22.6 Å². The summed E-state index contributed by atoms with van der Waals surface area (Å²) in [7, 11) is 0. The lowest BCUT2D eigenvalue weighted by Crippen LogP contribution is -2.01. The molecule has 1 rings (SSSR count). The Bertz CT molecular complexity index is 407. The number of carbonyl (C=O) groups is 1. The molecule has 0 atom stereocenters. The number of hydrogen-bond acceptors (Lipinski definition) is 3. The van der Waals surface area contributed by atoms with Crippen LogP contribution in [0.5, 0.6) is 0 Å². The lowest BCUT2D eigenvalue weighted by molar-refractivity contribution is 0.101. The van der Waals surface area contributed by atoms with E-state index >= 15 is 0 Å². The lowest BCUT2D eigenvalue weighted by Gasteiger charge is -2.03. The van der Waals surface area contributed by atoms with Crippen molar-refractivity contribution in [2.45, 2.75) is 6.92 Å². The molecule has 3 nitrogen and oxygen atoms in total. The summed E-state index contributed by atoms with van der Waals surface area (Å²) in [5.74, 6) is -0.120. The van der Waals surface area contributed by atoms with E-state index in [1.165, 1.54) is 13.0 Å². The maximum absolute atomic E-state index is 11.1. The van der Waals surface area contributed by atoms with Gasteiger partial charge < -0.3 is 5.73 Å². The fraction of sp³-hybridized carbons (Fsp3) is 0.111. The van der Waals surface area contributed by atoms with E-state index < -0.39 is 0 Å². The average molecular weight is 286 g/mol. The monoisotopic (exact) mass is 286 g/mol. The van der Waals surface area contributed by atoms with Crippen molar-refractivity contribution in [2.75, 3.05) is 5.73 Å². The van der Waals surface area contributed by atoms with Gasteiger partial charge in [-0.2, -0.15) is 5.26 Å². The van der Waals surface area contributed by atoms with Crippen LogP contribution in [0.3, 0.4) is 0 Å². The van der Waals surface area contributed by atoms with E-state index in [0.29, 0.717) is 16.8 Å². The standard InChI is InChI=1S/C9H7IN2O/c1-5(13)7-2-6(4-11)8(10)3-9(7)12/h2-3H,12H2,1H3. The van der Waals surface area contributed by atoms with Crippen molar-refractivity contribution in [3.63, 3.8) is 0 Å². The molecule has 0 aromatic heterocycles. The highest BCUT2D eigenvalue weighted by Gasteiger charge is 2.08. The highest BCUT2D eigenvalue weighted by atomic mass is 127. The number of nitrogen functional groups attached to an aromatic ring is 1. The van der Waals surface area contributed by atoms with Crippen LogP contribution in [0.4, 0.5) is 5.69 Å². The molecular weight excluding hydrogens is 279 g/mol. The summed E-state index contributed by atoms with van der Waals surface area (Å²) in [6.07, 6.45) is 0. The Kier molecular flexibility index (Phi) is 2.88. The Morgan fingerprint density at radius 2 is 2.23 bits per heavy atom. The van der Waals surface area contributed by atoms with E-state index in [0.717, 1.165) is 3.57 Å². The molecule has 0 saturated carbocycles. The first-order valence-electron chi connectivity index (χ1n) is 3.56. The van der Waals surface area contributed by atoms with Gasteiger partial charge in [0.2, 0.25) is 0 Å². The summed E-state index contributed by atoms with van der Waals surface area (Å²) in [4.78, 5) is 11.1. The number of Topliss-reactive ketones (excluding diaryl/α,β-unsaturated/α-hetero) is 1. The van der Waals surface area contributed by atoms with E-state index in [4.69, 9.17) is 11.0 Å². The van der Waals surface area contributed by atoms with Crippen LogP contribution in [-0.2, 0) is 0 Å². The molecule has 0 radical (unpaired) electrons. The Morgan fingerprint density at radius 3 is 2.69 bits per heavy atom. The molecule has 0 fully saturated rings. The van der Waals surface area contributed by atoms with Crippen molar-refractivity contribution in [3.8, 4) is 6.07 Å². The summed E-state index contributed by atoms with van der Waals surface area (Å²) in [6, 6.07) is 5.16. The average Bonchev–Trinajstić information content (AvgIpc) is 2.03. The highest BCUT2D eigenvalue weighted by Crippen LogP contribution is 2.20. The van der Waals surface area contributed by atoms with Crippen LogP contribution < -0.4 is 5.73 Å². The highest BCUT2D eigenvalue weighted by molar-refractivity contribution is 14.1. The van der Waals surface area contributed by atoms with Gasteiger partial charge in [-0.1, -0.05) is 0 Å². The van der Waals surface area contributed by atoms with Crippen molar-refractivity contribution >= 4 is 34.1 Å². The van der Waals surface area contributed by atoms with Gasteiger partial charge in [-0.05, 0) is 41.6 Å². The summed E-state index contributed by atoms with van der Waals surface area (Å²) >= 11 is 2.01. The first kappa shape index (κ1) is 9.99. The maximum atomic E-state index is 11.1. The number of nitrogens with zero attached hydrogens (tertiary/aromatic N) is 1. The number of rotatable bonds is 1.